The topological polar surface area (TPSA) is 0 Å². The minimum Gasteiger partial charge on any atom is -0.0793 e. The molecule has 2 unspecified atom stereocenters. The van der Waals surface area contributed by atoms with E-state index in [1.54, 1.807) is 0 Å². The Morgan fingerprint density at radius 3 is 1.62 bits per heavy atom. The fourth-order valence-corrected chi connectivity index (χ4v) is 6.18. The van der Waals surface area contributed by atoms with Crippen LogP contribution in [-0.4, -0.2) is 38.4 Å². The van der Waals surface area contributed by atoms with Gasteiger partial charge in [0.2, 0.25) is 0 Å². The van der Waals surface area contributed by atoms with Gasteiger partial charge in [-0.05, 0) is 33.3 Å². The first-order valence-electron chi connectivity index (χ1n) is 7.22. The zero-order chi connectivity index (χ0) is 13.5. The van der Waals surface area contributed by atoms with Crippen LogP contribution < -0.4 is 0 Å². The van der Waals surface area contributed by atoms with E-state index >= 15 is 0 Å². The molecule has 0 saturated carbocycles. The molecule has 2 aliphatic rings. The largest absolute Gasteiger partial charge is 0.0793 e. The van der Waals surface area contributed by atoms with Crippen molar-refractivity contribution in [2.45, 2.75) is 17.6 Å². The summed E-state index contributed by atoms with van der Waals surface area (Å²) in [5.74, 6) is 0. The van der Waals surface area contributed by atoms with Gasteiger partial charge in [0.15, 0.2) is 0 Å². The summed E-state index contributed by atoms with van der Waals surface area (Å²) in [6.45, 7) is 2.48. The van der Waals surface area contributed by atoms with E-state index in [2.05, 4.69) is 79.4 Å². The quantitative estimate of drug-likeness (QED) is 0.719. The molecular formula is C19H17NaSi. The maximum absolute atomic E-state index is 2.48. The molecule has 2 aromatic rings. The van der Waals surface area contributed by atoms with E-state index in [0.717, 1.165) is 0 Å². The summed E-state index contributed by atoms with van der Waals surface area (Å²) in [5, 5.41) is 0. The molecular weight excluding hydrogens is 279 g/mol. The number of allylic oxidation sites excluding steroid dienone is 2. The average molecular weight is 296 g/mol. The molecule has 0 aromatic heterocycles. The van der Waals surface area contributed by atoms with Crippen molar-refractivity contribution in [2.75, 3.05) is 0 Å². The molecule has 0 spiro atoms. The smallest absolute Gasteiger partial charge is 0.0710 e. The van der Waals surface area contributed by atoms with Gasteiger partial charge in [-0.15, -0.1) is 0 Å². The summed E-state index contributed by atoms with van der Waals surface area (Å²) in [6, 6.07) is 17.7. The molecule has 2 aliphatic carbocycles. The van der Waals surface area contributed by atoms with Crippen molar-refractivity contribution in [2.24, 2.45) is 0 Å². The second-order valence-corrected chi connectivity index (χ2v) is 8.41. The Hall–Kier alpha value is -0.863. The number of hydrogen-bond acceptors (Lipinski definition) is 0. The van der Waals surface area contributed by atoms with Gasteiger partial charge in [-0.25, -0.2) is 0 Å². The molecule has 4 rings (SSSR count). The molecule has 2 aromatic carbocycles. The summed E-state index contributed by atoms with van der Waals surface area (Å²) < 4.78 is 0. The van der Waals surface area contributed by atoms with Gasteiger partial charge in [0.1, 0.15) is 0 Å². The molecule has 21 heavy (non-hydrogen) atoms. The number of fused-ring (bicyclic) bond motifs is 2. The fourth-order valence-electron chi connectivity index (χ4n) is 3.49. The molecule has 0 aliphatic heterocycles. The van der Waals surface area contributed by atoms with Gasteiger partial charge in [0.05, 0.1) is 8.80 Å². The maximum atomic E-state index is 2.48. The Bertz CT molecular complexity index is 656. The van der Waals surface area contributed by atoms with Gasteiger partial charge in [-0.3, -0.25) is 0 Å². The molecule has 0 bridgehead atoms. The normalized spacial score (nSPS) is 21.2. The van der Waals surface area contributed by atoms with Gasteiger partial charge in [0, 0.05) is 29.6 Å². The molecule has 98 valence electrons. The van der Waals surface area contributed by atoms with E-state index in [9.17, 15) is 0 Å². The molecule has 0 saturated heterocycles. The Morgan fingerprint density at radius 2 is 1.14 bits per heavy atom. The SMILES string of the molecule is C[Si](C1C=Cc2ccccc21)C1C=Cc2ccccc21.[Na]. The van der Waals surface area contributed by atoms with Crippen molar-refractivity contribution in [3.8, 4) is 0 Å². The van der Waals surface area contributed by atoms with E-state index in [1.807, 2.05) is 0 Å². The average Bonchev–Trinajstić information content (AvgIpc) is 3.11. The van der Waals surface area contributed by atoms with Crippen LogP contribution in [0.3, 0.4) is 0 Å². The van der Waals surface area contributed by atoms with Crippen molar-refractivity contribution in [3.63, 3.8) is 0 Å². The fraction of sp³-hybridized carbons (Fsp3) is 0.158. The van der Waals surface area contributed by atoms with Crippen LogP contribution in [0.15, 0.2) is 60.7 Å². The summed E-state index contributed by atoms with van der Waals surface area (Å²) in [6.07, 6.45) is 9.46. The van der Waals surface area contributed by atoms with E-state index < -0.39 is 8.80 Å². The first-order chi connectivity index (χ1) is 9.84. The van der Waals surface area contributed by atoms with Gasteiger partial charge in [-0.1, -0.05) is 79.4 Å². The standard InChI is InChI=1S/C19H17Si.Na/c1-20(18-12-10-14-6-2-4-8-16(14)18)19-13-11-15-7-3-5-9-17(15)19;/h2-13,18-19H,1H3;. The molecule has 2 radical (unpaired) electrons. The van der Waals surface area contributed by atoms with Crippen LogP contribution >= 0.6 is 0 Å². The van der Waals surface area contributed by atoms with Crippen molar-refractivity contribution in [1.82, 2.24) is 0 Å². The third-order valence-electron chi connectivity index (χ3n) is 4.58. The first kappa shape index (κ1) is 15.0. The van der Waals surface area contributed by atoms with Crippen LogP contribution in [0.5, 0.6) is 0 Å². The number of rotatable bonds is 2. The molecule has 0 N–H and O–H groups in total. The van der Waals surface area contributed by atoms with Crippen molar-refractivity contribution < 1.29 is 0 Å². The Balaban J connectivity index is 0.00000132. The number of hydrogen-bond donors (Lipinski definition) is 0. The van der Waals surface area contributed by atoms with E-state index in [1.165, 1.54) is 22.3 Å². The maximum Gasteiger partial charge on any atom is 0.0710 e. The van der Waals surface area contributed by atoms with E-state index in [-0.39, 0.29) is 29.6 Å². The third-order valence-corrected chi connectivity index (χ3v) is 7.55. The van der Waals surface area contributed by atoms with E-state index in [0.29, 0.717) is 11.1 Å². The number of benzene rings is 2. The van der Waals surface area contributed by atoms with Gasteiger partial charge in [0.25, 0.3) is 0 Å². The minimum atomic E-state index is -0.542. The van der Waals surface area contributed by atoms with Crippen LogP contribution in [0, 0.1) is 0 Å². The van der Waals surface area contributed by atoms with Gasteiger partial charge in [-0.2, -0.15) is 0 Å². The monoisotopic (exact) mass is 296 g/mol. The van der Waals surface area contributed by atoms with Crippen LogP contribution in [0.25, 0.3) is 12.2 Å². The predicted molar refractivity (Wildman–Crippen MR) is 93.8 cm³/mol. The van der Waals surface area contributed by atoms with Gasteiger partial charge < -0.3 is 0 Å². The van der Waals surface area contributed by atoms with Crippen molar-refractivity contribution in [3.05, 3.63) is 82.9 Å². The first-order valence-corrected chi connectivity index (χ1v) is 9.37. The second kappa shape index (κ2) is 6.10. The molecule has 0 heterocycles. The van der Waals surface area contributed by atoms with Crippen molar-refractivity contribution >= 4 is 50.5 Å². The van der Waals surface area contributed by atoms with Crippen LogP contribution in [-0.2, 0) is 0 Å². The van der Waals surface area contributed by atoms with E-state index in [4.69, 9.17) is 0 Å². The predicted octanol–water partition coefficient (Wildman–Crippen LogP) is 4.43. The van der Waals surface area contributed by atoms with Crippen LogP contribution in [0.4, 0.5) is 0 Å². The minimum absolute atomic E-state index is 0. The third kappa shape index (κ3) is 2.53. The Morgan fingerprint density at radius 1 is 0.714 bits per heavy atom. The Labute approximate surface area is 150 Å². The molecule has 0 fully saturated rings. The molecule has 2 heteroatoms. The summed E-state index contributed by atoms with van der Waals surface area (Å²) >= 11 is 0. The summed E-state index contributed by atoms with van der Waals surface area (Å²) in [7, 11) is -0.542. The zero-order valence-electron chi connectivity index (χ0n) is 12.6. The molecule has 0 amide bonds. The summed E-state index contributed by atoms with van der Waals surface area (Å²) in [5.41, 5.74) is 7.16. The summed E-state index contributed by atoms with van der Waals surface area (Å²) in [4.78, 5) is 0. The van der Waals surface area contributed by atoms with Crippen molar-refractivity contribution in [1.29, 1.82) is 0 Å². The van der Waals surface area contributed by atoms with Crippen LogP contribution in [0.2, 0.25) is 6.55 Å². The zero-order valence-corrected chi connectivity index (χ0v) is 15.6. The second-order valence-electron chi connectivity index (χ2n) is 5.68. The molecule has 0 nitrogen and oxygen atoms in total. The van der Waals surface area contributed by atoms with Crippen LogP contribution in [0.1, 0.15) is 33.3 Å². The Kier molecular flexibility index (Phi) is 4.37. The van der Waals surface area contributed by atoms with Gasteiger partial charge >= 0.3 is 0 Å². The molecule has 2 atom stereocenters.